The van der Waals surface area contributed by atoms with Crippen LogP contribution in [0.15, 0.2) is 24.3 Å². The summed E-state index contributed by atoms with van der Waals surface area (Å²) in [6.07, 6.45) is 1.66. The number of hydrogen-bond acceptors (Lipinski definition) is 2. The molecule has 82 valence electrons. The van der Waals surface area contributed by atoms with Gasteiger partial charge in [-0.05, 0) is 33.6 Å². The summed E-state index contributed by atoms with van der Waals surface area (Å²) in [7, 11) is 0. The fourth-order valence-electron chi connectivity index (χ4n) is 0.846. The molecule has 0 bridgehead atoms. The molecule has 14 heavy (non-hydrogen) atoms. The first kappa shape index (κ1) is 13.4. The van der Waals surface area contributed by atoms with Gasteiger partial charge in [-0.3, -0.25) is 0 Å². The average Bonchev–Trinajstić information content (AvgIpc) is 2.02. The maximum Gasteiger partial charge on any atom is 0.154 e. The second kappa shape index (κ2) is 7.77. The van der Waals surface area contributed by atoms with Crippen LogP contribution in [0.4, 0.5) is 0 Å². The van der Waals surface area contributed by atoms with Crippen LogP contribution in [0.5, 0.6) is 0 Å². The van der Waals surface area contributed by atoms with E-state index in [9.17, 15) is 0 Å². The third-order valence-electron chi connectivity index (χ3n) is 1.76. The smallest absolute Gasteiger partial charge is 0.154 e. The molecule has 0 saturated heterocycles. The minimum absolute atomic E-state index is 0.131. The quantitative estimate of drug-likeness (QED) is 0.440. The lowest BCUT2D eigenvalue weighted by atomic mass is 10.3. The predicted molar refractivity (Wildman–Crippen MR) is 60.2 cm³/mol. The highest BCUT2D eigenvalue weighted by molar-refractivity contribution is 4.87. The van der Waals surface area contributed by atoms with E-state index in [0.717, 1.165) is 24.0 Å². The van der Waals surface area contributed by atoms with Gasteiger partial charge in [0.05, 0.1) is 13.2 Å². The second-order valence-corrected chi connectivity index (χ2v) is 3.72. The summed E-state index contributed by atoms with van der Waals surface area (Å²) in [5.41, 5.74) is 2.28. The Morgan fingerprint density at radius 1 is 1.00 bits per heavy atom. The molecule has 0 atom stereocenters. The van der Waals surface area contributed by atoms with Crippen molar-refractivity contribution in [1.29, 1.82) is 0 Å². The monoisotopic (exact) mass is 198 g/mol. The topological polar surface area (TPSA) is 18.5 Å². The van der Waals surface area contributed by atoms with Crippen molar-refractivity contribution in [2.75, 3.05) is 13.2 Å². The highest BCUT2D eigenvalue weighted by Gasteiger charge is 2.01. The van der Waals surface area contributed by atoms with Gasteiger partial charge in [0.1, 0.15) is 0 Å². The lowest BCUT2D eigenvalue weighted by Crippen LogP contribution is -2.14. The molecule has 0 N–H and O–H groups in total. The molecule has 2 nitrogen and oxygen atoms in total. The Labute approximate surface area is 87.6 Å². The summed E-state index contributed by atoms with van der Waals surface area (Å²) in [5.74, 6) is 0. The molecular weight excluding hydrogens is 176 g/mol. The Hall–Kier alpha value is -0.600. The molecule has 0 spiro atoms. The van der Waals surface area contributed by atoms with Gasteiger partial charge in [-0.15, -0.1) is 13.2 Å². The summed E-state index contributed by atoms with van der Waals surface area (Å²) in [6.45, 7) is 14.9. The fraction of sp³-hybridized carbons (Fsp3) is 0.667. The van der Waals surface area contributed by atoms with Crippen LogP contribution in [0, 0.1) is 0 Å². The summed E-state index contributed by atoms with van der Waals surface area (Å²) in [4.78, 5) is 0. The van der Waals surface area contributed by atoms with Gasteiger partial charge in [0.2, 0.25) is 0 Å². The van der Waals surface area contributed by atoms with E-state index in [4.69, 9.17) is 9.47 Å². The SMILES string of the molecule is C=C(C)CCOC(C)OCCC(=C)C. The molecule has 0 heterocycles. The Bertz CT molecular complexity index is 165. The molecule has 2 heteroatoms. The van der Waals surface area contributed by atoms with Crippen molar-refractivity contribution in [2.45, 2.75) is 39.9 Å². The molecule has 0 fully saturated rings. The van der Waals surface area contributed by atoms with E-state index in [-0.39, 0.29) is 6.29 Å². The molecule has 0 aliphatic carbocycles. The zero-order valence-corrected chi connectivity index (χ0v) is 9.64. The van der Waals surface area contributed by atoms with E-state index in [1.807, 2.05) is 20.8 Å². The average molecular weight is 198 g/mol. The molecule has 0 radical (unpaired) electrons. The van der Waals surface area contributed by atoms with Crippen molar-refractivity contribution in [2.24, 2.45) is 0 Å². The van der Waals surface area contributed by atoms with Crippen LogP contribution in [0.25, 0.3) is 0 Å². The van der Waals surface area contributed by atoms with Crippen molar-refractivity contribution in [3.63, 3.8) is 0 Å². The van der Waals surface area contributed by atoms with Gasteiger partial charge in [0.25, 0.3) is 0 Å². The van der Waals surface area contributed by atoms with E-state index in [0.29, 0.717) is 13.2 Å². The van der Waals surface area contributed by atoms with Gasteiger partial charge in [0.15, 0.2) is 6.29 Å². The van der Waals surface area contributed by atoms with E-state index in [2.05, 4.69) is 13.2 Å². The van der Waals surface area contributed by atoms with E-state index >= 15 is 0 Å². The van der Waals surface area contributed by atoms with E-state index in [1.165, 1.54) is 0 Å². The fourth-order valence-corrected chi connectivity index (χ4v) is 0.846. The maximum absolute atomic E-state index is 5.42. The van der Waals surface area contributed by atoms with Crippen molar-refractivity contribution >= 4 is 0 Å². The lowest BCUT2D eigenvalue weighted by Gasteiger charge is -2.13. The molecule has 0 aromatic carbocycles. The molecule has 0 aromatic heterocycles. The molecule has 0 unspecified atom stereocenters. The Balaban J connectivity index is 3.32. The number of ether oxygens (including phenoxy) is 2. The van der Waals surface area contributed by atoms with Crippen LogP contribution in [0.2, 0.25) is 0 Å². The Kier molecular flexibility index (Phi) is 7.44. The molecule has 0 aliphatic heterocycles. The Morgan fingerprint density at radius 2 is 1.36 bits per heavy atom. The summed E-state index contributed by atoms with van der Waals surface area (Å²) < 4.78 is 10.8. The third-order valence-corrected chi connectivity index (χ3v) is 1.76. The van der Waals surface area contributed by atoms with Crippen LogP contribution in [0.1, 0.15) is 33.6 Å². The summed E-state index contributed by atoms with van der Waals surface area (Å²) in [5, 5.41) is 0. The molecular formula is C12H22O2. The normalized spacial score (nSPS) is 10.6. The van der Waals surface area contributed by atoms with Gasteiger partial charge in [-0.25, -0.2) is 0 Å². The first-order chi connectivity index (χ1) is 6.52. The van der Waals surface area contributed by atoms with Gasteiger partial charge < -0.3 is 9.47 Å². The molecule has 0 saturated carbocycles. The van der Waals surface area contributed by atoms with Crippen molar-refractivity contribution < 1.29 is 9.47 Å². The second-order valence-electron chi connectivity index (χ2n) is 3.72. The van der Waals surface area contributed by atoms with Gasteiger partial charge in [-0.2, -0.15) is 0 Å². The first-order valence-electron chi connectivity index (χ1n) is 5.04. The third kappa shape index (κ3) is 9.49. The van der Waals surface area contributed by atoms with E-state index < -0.39 is 0 Å². The molecule has 0 amide bonds. The predicted octanol–water partition coefficient (Wildman–Crippen LogP) is 3.30. The Morgan fingerprint density at radius 3 is 1.64 bits per heavy atom. The molecule has 0 rings (SSSR count). The highest BCUT2D eigenvalue weighted by Crippen LogP contribution is 2.02. The summed E-state index contributed by atoms with van der Waals surface area (Å²) in [6, 6.07) is 0. The van der Waals surface area contributed by atoms with Crippen LogP contribution < -0.4 is 0 Å². The first-order valence-corrected chi connectivity index (χ1v) is 5.04. The summed E-state index contributed by atoms with van der Waals surface area (Å²) >= 11 is 0. The molecule has 0 aromatic rings. The van der Waals surface area contributed by atoms with Crippen LogP contribution in [0.3, 0.4) is 0 Å². The van der Waals surface area contributed by atoms with E-state index in [1.54, 1.807) is 0 Å². The van der Waals surface area contributed by atoms with Crippen LogP contribution >= 0.6 is 0 Å². The van der Waals surface area contributed by atoms with Gasteiger partial charge >= 0.3 is 0 Å². The van der Waals surface area contributed by atoms with Gasteiger partial charge in [-0.1, -0.05) is 11.1 Å². The standard InChI is InChI=1S/C12H22O2/c1-10(2)6-8-13-12(5)14-9-7-11(3)4/h12H,1,3,6-9H2,2,4-5H3. The maximum atomic E-state index is 5.42. The number of hydrogen-bond donors (Lipinski definition) is 0. The van der Waals surface area contributed by atoms with Crippen LogP contribution in [-0.2, 0) is 9.47 Å². The van der Waals surface area contributed by atoms with Crippen molar-refractivity contribution in [3.05, 3.63) is 24.3 Å². The highest BCUT2D eigenvalue weighted by atomic mass is 16.7. The van der Waals surface area contributed by atoms with Crippen LogP contribution in [-0.4, -0.2) is 19.5 Å². The minimum Gasteiger partial charge on any atom is -0.353 e. The van der Waals surface area contributed by atoms with Gasteiger partial charge in [0, 0.05) is 0 Å². The zero-order valence-electron chi connectivity index (χ0n) is 9.64. The zero-order chi connectivity index (χ0) is 11.0. The lowest BCUT2D eigenvalue weighted by molar-refractivity contribution is -0.128. The van der Waals surface area contributed by atoms with Crippen molar-refractivity contribution in [1.82, 2.24) is 0 Å². The number of rotatable bonds is 8. The molecule has 0 aliphatic rings. The largest absolute Gasteiger partial charge is 0.353 e. The van der Waals surface area contributed by atoms with Crippen molar-refractivity contribution in [3.8, 4) is 0 Å². The minimum atomic E-state index is -0.131.